The summed E-state index contributed by atoms with van der Waals surface area (Å²) in [7, 11) is -2.36. The van der Waals surface area contributed by atoms with Crippen LogP contribution in [0, 0.1) is 6.92 Å². The minimum atomic E-state index is -3.75. The van der Waals surface area contributed by atoms with Gasteiger partial charge in [0.2, 0.25) is 0 Å². The quantitative estimate of drug-likeness (QED) is 0.873. The van der Waals surface area contributed by atoms with Gasteiger partial charge in [-0.1, -0.05) is 17.7 Å². The van der Waals surface area contributed by atoms with Crippen molar-refractivity contribution in [2.75, 3.05) is 11.8 Å². The summed E-state index contributed by atoms with van der Waals surface area (Å²) in [5, 5.41) is 0. The van der Waals surface area contributed by atoms with E-state index in [4.69, 9.17) is 0 Å². The first-order valence-electron chi connectivity index (χ1n) is 6.85. The van der Waals surface area contributed by atoms with E-state index in [9.17, 15) is 18.0 Å². The second kappa shape index (κ2) is 5.20. The number of aryl methyl sites for hydroxylation is 1. The third-order valence-corrected chi connectivity index (χ3v) is 5.07. The van der Waals surface area contributed by atoms with Crippen molar-refractivity contribution in [3.8, 4) is 0 Å². The first-order chi connectivity index (χ1) is 10.8. The fourth-order valence-corrected chi connectivity index (χ4v) is 3.41. The zero-order valence-corrected chi connectivity index (χ0v) is 13.3. The predicted octanol–water partition coefficient (Wildman–Crippen LogP) is 2.02. The van der Waals surface area contributed by atoms with Gasteiger partial charge in [-0.2, -0.15) is 0 Å². The highest BCUT2D eigenvalue weighted by Gasteiger charge is 2.33. The van der Waals surface area contributed by atoms with Crippen molar-refractivity contribution in [1.82, 2.24) is 4.90 Å². The molecular weight excluding hydrogens is 316 g/mol. The molecule has 118 valence electrons. The first kappa shape index (κ1) is 15.2. The van der Waals surface area contributed by atoms with Crippen LogP contribution in [0.4, 0.5) is 5.69 Å². The minimum Gasteiger partial charge on any atom is -0.280 e. The lowest BCUT2D eigenvalue weighted by molar-refractivity contribution is 0.0693. The molecule has 0 aliphatic carbocycles. The van der Waals surface area contributed by atoms with Crippen LogP contribution in [0.25, 0.3) is 0 Å². The molecule has 0 saturated heterocycles. The molecule has 1 aliphatic rings. The molecule has 2 aromatic rings. The van der Waals surface area contributed by atoms with Crippen molar-refractivity contribution < 1.29 is 18.0 Å². The van der Waals surface area contributed by atoms with E-state index in [2.05, 4.69) is 4.72 Å². The Kier molecular flexibility index (Phi) is 3.45. The molecule has 2 amide bonds. The minimum absolute atomic E-state index is 0.128. The Labute approximate surface area is 133 Å². The number of sulfonamides is 1. The van der Waals surface area contributed by atoms with Crippen LogP contribution in [0.15, 0.2) is 47.4 Å². The van der Waals surface area contributed by atoms with E-state index >= 15 is 0 Å². The molecule has 0 saturated carbocycles. The van der Waals surface area contributed by atoms with Crippen LogP contribution in [-0.4, -0.2) is 32.2 Å². The SMILES string of the molecule is Cc1ccc(S(=O)(=O)Nc2ccc3c(c2)C(=O)N(C)C3=O)cc1. The van der Waals surface area contributed by atoms with Gasteiger partial charge >= 0.3 is 0 Å². The highest BCUT2D eigenvalue weighted by molar-refractivity contribution is 7.92. The molecule has 1 aliphatic heterocycles. The number of nitrogens with zero attached hydrogens (tertiary/aromatic N) is 1. The molecule has 1 N–H and O–H groups in total. The zero-order chi connectivity index (χ0) is 16.8. The van der Waals surface area contributed by atoms with Crippen molar-refractivity contribution in [2.24, 2.45) is 0 Å². The maximum atomic E-state index is 12.3. The second-order valence-corrected chi connectivity index (χ2v) is 7.03. The van der Waals surface area contributed by atoms with Gasteiger partial charge in [0.25, 0.3) is 21.8 Å². The summed E-state index contributed by atoms with van der Waals surface area (Å²) in [5.41, 5.74) is 1.66. The molecule has 0 spiro atoms. The highest BCUT2D eigenvalue weighted by atomic mass is 32.2. The van der Waals surface area contributed by atoms with Gasteiger partial charge in [-0.3, -0.25) is 19.2 Å². The average Bonchev–Trinajstić information content (AvgIpc) is 2.72. The summed E-state index contributed by atoms with van der Waals surface area (Å²) >= 11 is 0. The van der Waals surface area contributed by atoms with Gasteiger partial charge in [-0.25, -0.2) is 8.42 Å². The zero-order valence-electron chi connectivity index (χ0n) is 12.5. The largest absolute Gasteiger partial charge is 0.280 e. The summed E-state index contributed by atoms with van der Waals surface area (Å²) in [6, 6.07) is 10.7. The van der Waals surface area contributed by atoms with Crippen molar-refractivity contribution in [2.45, 2.75) is 11.8 Å². The molecule has 7 heteroatoms. The molecule has 0 unspecified atom stereocenters. The lowest BCUT2D eigenvalue weighted by Gasteiger charge is -2.09. The van der Waals surface area contributed by atoms with Gasteiger partial charge in [0.1, 0.15) is 0 Å². The first-order valence-corrected chi connectivity index (χ1v) is 8.34. The molecule has 0 atom stereocenters. The van der Waals surface area contributed by atoms with E-state index in [0.717, 1.165) is 10.5 Å². The fraction of sp³-hybridized carbons (Fsp3) is 0.125. The van der Waals surface area contributed by atoms with Gasteiger partial charge in [0.05, 0.1) is 16.0 Å². The molecular formula is C16H14N2O4S. The van der Waals surface area contributed by atoms with Crippen LogP contribution >= 0.6 is 0 Å². The summed E-state index contributed by atoms with van der Waals surface area (Å²) < 4.78 is 27.1. The maximum absolute atomic E-state index is 12.3. The summed E-state index contributed by atoms with van der Waals surface area (Å²) in [6.45, 7) is 1.86. The Morgan fingerprint density at radius 1 is 0.913 bits per heavy atom. The number of nitrogens with one attached hydrogen (secondary N) is 1. The summed E-state index contributed by atoms with van der Waals surface area (Å²) in [6.07, 6.45) is 0. The van der Waals surface area contributed by atoms with E-state index in [0.29, 0.717) is 0 Å². The number of anilines is 1. The van der Waals surface area contributed by atoms with Gasteiger partial charge in [-0.15, -0.1) is 0 Å². The van der Waals surface area contributed by atoms with E-state index < -0.39 is 21.8 Å². The Hall–Kier alpha value is -2.67. The topological polar surface area (TPSA) is 83.6 Å². The Balaban J connectivity index is 1.94. The lowest BCUT2D eigenvalue weighted by Crippen LogP contribution is -2.24. The number of hydrogen-bond donors (Lipinski definition) is 1. The molecule has 0 bridgehead atoms. The number of fused-ring (bicyclic) bond motifs is 1. The van der Waals surface area contributed by atoms with E-state index in [1.54, 1.807) is 12.1 Å². The lowest BCUT2D eigenvalue weighted by atomic mass is 10.1. The van der Waals surface area contributed by atoms with Crippen LogP contribution in [0.2, 0.25) is 0 Å². The third-order valence-electron chi connectivity index (χ3n) is 3.67. The normalized spacial score (nSPS) is 14.1. The monoisotopic (exact) mass is 330 g/mol. The van der Waals surface area contributed by atoms with Crippen molar-refractivity contribution >= 4 is 27.5 Å². The third kappa shape index (κ3) is 2.59. The maximum Gasteiger partial charge on any atom is 0.261 e. The van der Waals surface area contributed by atoms with Gasteiger partial charge in [0.15, 0.2) is 0 Å². The molecule has 0 aromatic heterocycles. The molecule has 23 heavy (non-hydrogen) atoms. The molecule has 3 rings (SSSR count). The number of hydrogen-bond acceptors (Lipinski definition) is 4. The summed E-state index contributed by atoms with van der Waals surface area (Å²) in [4.78, 5) is 24.9. The Morgan fingerprint density at radius 2 is 1.52 bits per heavy atom. The Morgan fingerprint density at radius 3 is 2.17 bits per heavy atom. The second-order valence-electron chi connectivity index (χ2n) is 5.35. The number of benzene rings is 2. The van der Waals surface area contributed by atoms with Crippen LogP contribution in [0.3, 0.4) is 0 Å². The number of amides is 2. The average molecular weight is 330 g/mol. The van der Waals surface area contributed by atoms with Gasteiger partial charge in [0, 0.05) is 12.7 Å². The number of carbonyl (C=O) groups is 2. The fourth-order valence-electron chi connectivity index (χ4n) is 2.36. The number of rotatable bonds is 3. The standard InChI is InChI=1S/C16H14N2O4S/c1-10-3-6-12(7-4-10)23(21,22)17-11-5-8-13-14(9-11)16(20)18(2)15(13)19/h3-9,17H,1-2H3. The molecule has 0 radical (unpaired) electrons. The van der Waals surface area contributed by atoms with Crippen LogP contribution < -0.4 is 4.72 Å². The Bertz CT molecular complexity index is 918. The highest BCUT2D eigenvalue weighted by Crippen LogP contribution is 2.26. The van der Waals surface area contributed by atoms with E-state index in [1.807, 2.05) is 6.92 Å². The molecule has 1 heterocycles. The van der Waals surface area contributed by atoms with Crippen LogP contribution in [0.5, 0.6) is 0 Å². The van der Waals surface area contributed by atoms with E-state index in [-0.39, 0.29) is 21.7 Å². The van der Waals surface area contributed by atoms with Gasteiger partial charge in [-0.05, 0) is 37.3 Å². The van der Waals surface area contributed by atoms with Crippen LogP contribution in [-0.2, 0) is 10.0 Å². The van der Waals surface area contributed by atoms with Crippen LogP contribution in [0.1, 0.15) is 26.3 Å². The van der Waals surface area contributed by atoms with Gasteiger partial charge < -0.3 is 0 Å². The van der Waals surface area contributed by atoms with E-state index in [1.165, 1.54) is 37.4 Å². The van der Waals surface area contributed by atoms with Crippen molar-refractivity contribution in [3.63, 3.8) is 0 Å². The number of imide groups is 1. The smallest absolute Gasteiger partial charge is 0.261 e. The number of carbonyl (C=O) groups excluding carboxylic acids is 2. The molecule has 6 nitrogen and oxygen atoms in total. The molecule has 2 aromatic carbocycles. The molecule has 0 fully saturated rings. The predicted molar refractivity (Wildman–Crippen MR) is 84.9 cm³/mol. The van der Waals surface area contributed by atoms with Crippen molar-refractivity contribution in [1.29, 1.82) is 0 Å². The summed E-state index contributed by atoms with van der Waals surface area (Å²) in [5.74, 6) is -0.834. The van der Waals surface area contributed by atoms with Crippen molar-refractivity contribution in [3.05, 3.63) is 59.2 Å².